The number of amides is 1. The summed E-state index contributed by atoms with van der Waals surface area (Å²) in [5.41, 5.74) is 0.936. The lowest BCUT2D eigenvalue weighted by atomic mass is 10.1. The molecule has 1 aliphatic heterocycles. The molecule has 2 aromatic rings. The summed E-state index contributed by atoms with van der Waals surface area (Å²) in [4.78, 5) is 12.7. The quantitative estimate of drug-likeness (QED) is 0.682. The number of hydrogen-bond acceptors (Lipinski definition) is 5. The molecule has 1 heterocycles. The van der Waals surface area contributed by atoms with E-state index in [4.69, 9.17) is 18.9 Å². The van der Waals surface area contributed by atoms with E-state index in [0.717, 1.165) is 24.2 Å². The molecule has 0 bridgehead atoms. The summed E-state index contributed by atoms with van der Waals surface area (Å²) < 4.78 is 23.1. The van der Waals surface area contributed by atoms with Crippen molar-refractivity contribution in [1.29, 1.82) is 0 Å². The van der Waals surface area contributed by atoms with Crippen molar-refractivity contribution < 1.29 is 23.7 Å². The van der Waals surface area contributed by atoms with Crippen LogP contribution in [0.15, 0.2) is 42.5 Å². The highest BCUT2D eigenvalue weighted by Gasteiger charge is 2.28. The third-order valence-corrected chi connectivity index (χ3v) is 4.55. The second kappa shape index (κ2) is 10.0. The van der Waals surface area contributed by atoms with Crippen molar-refractivity contribution in [1.82, 2.24) is 5.32 Å². The van der Waals surface area contributed by atoms with E-state index >= 15 is 0 Å². The lowest BCUT2D eigenvalue weighted by molar-refractivity contribution is -0.131. The monoisotopic (exact) mass is 399 g/mol. The lowest BCUT2D eigenvalue weighted by Crippen LogP contribution is -2.44. The van der Waals surface area contributed by atoms with E-state index in [0.29, 0.717) is 30.5 Å². The zero-order valence-electron chi connectivity index (χ0n) is 17.3. The number of benzene rings is 2. The molecule has 0 spiro atoms. The number of nitrogens with one attached hydrogen (secondary N) is 1. The van der Waals surface area contributed by atoms with Gasteiger partial charge in [-0.05, 0) is 49.6 Å². The van der Waals surface area contributed by atoms with Gasteiger partial charge in [0.25, 0.3) is 5.91 Å². The van der Waals surface area contributed by atoms with Crippen molar-refractivity contribution in [2.45, 2.75) is 45.8 Å². The van der Waals surface area contributed by atoms with Crippen LogP contribution in [0.25, 0.3) is 0 Å². The fourth-order valence-electron chi connectivity index (χ4n) is 2.99. The van der Waals surface area contributed by atoms with Crippen LogP contribution in [0.1, 0.15) is 45.2 Å². The van der Waals surface area contributed by atoms with Gasteiger partial charge in [-0.1, -0.05) is 32.0 Å². The Labute approximate surface area is 172 Å². The molecule has 1 amide bonds. The van der Waals surface area contributed by atoms with Gasteiger partial charge in [-0.25, -0.2) is 0 Å². The van der Waals surface area contributed by atoms with Crippen LogP contribution in [0.5, 0.6) is 23.0 Å². The zero-order valence-corrected chi connectivity index (χ0v) is 17.3. The van der Waals surface area contributed by atoms with Gasteiger partial charge in [0.1, 0.15) is 6.61 Å². The second-order valence-corrected chi connectivity index (χ2v) is 7.00. The number of fused-ring (bicyclic) bond motifs is 1. The third-order valence-electron chi connectivity index (χ3n) is 4.55. The van der Waals surface area contributed by atoms with Crippen LogP contribution in [0, 0.1) is 0 Å². The van der Waals surface area contributed by atoms with Crippen molar-refractivity contribution in [2.24, 2.45) is 0 Å². The first kappa shape index (κ1) is 20.8. The van der Waals surface area contributed by atoms with Crippen molar-refractivity contribution >= 4 is 5.91 Å². The molecule has 0 aliphatic carbocycles. The minimum absolute atomic E-state index is 0.185. The Balaban J connectivity index is 1.66. The predicted octanol–water partition coefficient (Wildman–Crippen LogP) is 4.28. The average molecular weight is 399 g/mol. The van der Waals surface area contributed by atoms with Crippen LogP contribution >= 0.6 is 0 Å². The molecule has 2 unspecified atom stereocenters. The number of carbonyl (C=O) groups is 1. The van der Waals surface area contributed by atoms with Crippen LogP contribution in [0.3, 0.4) is 0 Å². The topological polar surface area (TPSA) is 66.0 Å². The van der Waals surface area contributed by atoms with E-state index in [2.05, 4.69) is 19.2 Å². The normalized spacial score (nSPS) is 16.0. The number of ether oxygens (including phenoxy) is 4. The van der Waals surface area contributed by atoms with Crippen LogP contribution in [-0.2, 0) is 4.79 Å². The zero-order chi connectivity index (χ0) is 20.6. The Morgan fingerprint density at radius 3 is 2.48 bits per heavy atom. The Kier molecular flexibility index (Phi) is 7.22. The third kappa shape index (κ3) is 5.34. The Morgan fingerprint density at radius 2 is 1.76 bits per heavy atom. The second-order valence-electron chi connectivity index (χ2n) is 7.00. The summed E-state index contributed by atoms with van der Waals surface area (Å²) >= 11 is 0. The molecular formula is C23H29NO5. The Hall–Kier alpha value is -2.89. The standard InChI is InChI=1S/C23H29NO5/c1-4-12-26-19-11-10-17(14-21(19)27-13-5-2)16(3)24-23(25)22-15-28-18-8-6-7-9-20(18)29-22/h6-11,14,16,22H,4-5,12-13,15H2,1-3H3,(H,24,25). The summed E-state index contributed by atoms with van der Waals surface area (Å²) in [6, 6.07) is 12.9. The molecule has 2 aromatic carbocycles. The van der Waals surface area contributed by atoms with Crippen molar-refractivity contribution in [3.8, 4) is 23.0 Å². The van der Waals surface area contributed by atoms with Crippen molar-refractivity contribution in [2.75, 3.05) is 19.8 Å². The molecule has 1 aliphatic rings. The van der Waals surface area contributed by atoms with Gasteiger partial charge in [-0.3, -0.25) is 4.79 Å². The number of carbonyl (C=O) groups excluding carboxylic acids is 1. The summed E-state index contributed by atoms with van der Waals surface area (Å²) in [6.45, 7) is 7.48. The molecule has 1 N–H and O–H groups in total. The minimum Gasteiger partial charge on any atom is -0.490 e. The minimum atomic E-state index is -0.685. The number of rotatable bonds is 9. The van der Waals surface area contributed by atoms with E-state index in [1.807, 2.05) is 43.3 Å². The molecule has 0 fully saturated rings. The van der Waals surface area contributed by atoms with Gasteiger partial charge in [0.2, 0.25) is 6.10 Å². The van der Waals surface area contributed by atoms with Gasteiger partial charge in [-0.2, -0.15) is 0 Å². The molecule has 29 heavy (non-hydrogen) atoms. The van der Waals surface area contributed by atoms with Crippen LogP contribution in [0.2, 0.25) is 0 Å². The van der Waals surface area contributed by atoms with Gasteiger partial charge >= 0.3 is 0 Å². The van der Waals surface area contributed by atoms with Crippen molar-refractivity contribution in [3.63, 3.8) is 0 Å². The molecule has 0 saturated carbocycles. The largest absolute Gasteiger partial charge is 0.490 e. The highest BCUT2D eigenvalue weighted by molar-refractivity contribution is 5.82. The first-order chi connectivity index (χ1) is 14.1. The van der Waals surface area contributed by atoms with Crippen molar-refractivity contribution in [3.05, 3.63) is 48.0 Å². The molecule has 2 atom stereocenters. The molecule has 3 rings (SSSR count). The highest BCUT2D eigenvalue weighted by atomic mass is 16.6. The van der Waals surface area contributed by atoms with E-state index in [9.17, 15) is 4.79 Å². The van der Waals surface area contributed by atoms with E-state index in [-0.39, 0.29) is 18.6 Å². The van der Waals surface area contributed by atoms with E-state index in [1.54, 1.807) is 6.07 Å². The Bertz CT molecular complexity index is 823. The fraction of sp³-hybridized carbons (Fsp3) is 0.435. The maximum atomic E-state index is 12.7. The molecule has 6 nitrogen and oxygen atoms in total. The van der Waals surface area contributed by atoms with Gasteiger partial charge in [0, 0.05) is 0 Å². The maximum Gasteiger partial charge on any atom is 0.265 e. The van der Waals surface area contributed by atoms with Crippen LogP contribution in [-0.4, -0.2) is 31.8 Å². The maximum absolute atomic E-state index is 12.7. The summed E-state index contributed by atoms with van der Waals surface area (Å²) in [6.07, 6.45) is 1.15. The van der Waals surface area contributed by atoms with E-state index < -0.39 is 6.10 Å². The molecule has 0 radical (unpaired) electrons. The first-order valence-corrected chi connectivity index (χ1v) is 10.2. The molecule has 6 heteroatoms. The fourth-order valence-corrected chi connectivity index (χ4v) is 2.99. The molecule has 0 aromatic heterocycles. The van der Waals surface area contributed by atoms with Crippen LogP contribution < -0.4 is 24.3 Å². The summed E-state index contributed by atoms with van der Waals surface area (Å²) in [5, 5.41) is 3.00. The molecule has 156 valence electrons. The molecular weight excluding hydrogens is 370 g/mol. The number of para-hydroxylation sites is 2. The SMILES string of the molecule is CCCOc1ccc(C(C)NC(=O)C2COc3ccccc3O2)cc1OCCC. The van der Waals surface area contributed by atoms with Gasteiger partial charge in [-0.15, -0.1) is 0 Å². The number of hydrogen-bond donors (Lipinski definition) is 1. The molecule has 0 saturated heterocycles. The average Bonchev–Trinajstić information content (AvgIpc) is 2.76. The van der Waals surface area contributed by atoms with Gasteiger partial charge in [0.15, 0.2) is 23.0 Å². The first-order valence-electron chi connectivity index (χ1n) is 10.2. The van der Waals surface area contributed by atoms with Crippen LogP contribution in [0.4, 0.5) is 0 Å². The summed E-state index contributed by atoms with van der Waals surface area (Å²) in [5.74, 6) is 2.45. The lowest BCUT2D eigenvalue weighted by Gasteiger charge is -2.27. The van der Waals surface area contributed by atoms with Gasteiger partial charge < -0.3 is 24.3 Å². The van der Waals surface area contributed by atoms with Gasteiger partial charge in [0.05, 0.1) is 19.3 Å². The Morgan fingerprint density at radius 1 is 1.07 bits per heavy atom. The summed E-state index contributed by atoms with van der Waals surface area (Å²) in [7, 11) is 0. The smallest absolute Gasteiger partial charge is 0.265 e. The highest BCUT2D eigenvalue weighted by Crippen LogP contribution is 2.32. The predicted molar refractivity (Wildman–Crippen MR) is 111 cm³/mol. The van der Waals surface area contributed by atoms with E-state index in [1.165, 1.54) is 0 Å².